The third kappa shape index (κ3) is 3.63. The lowest BCUT2D eigenvalue weighted by Crippen LogP contribution is -2.37. The molecule has 0 radical (unpaired) electrons. The minimum Gasteiger partial charge on any atom is -0.454 e. The molecule has 2 heterocycles. The zero-order valence-electron chi connectivity index (χ0n) is 16.1. The second-order valence-electron chi connectivity index (χ2n) is 7.47. The minimum absolute atomic E-state index is 0.00379. The van der Waals surface area contributed by atoms with E-state index in [0.29, 0.717) is 34.7 Å². The van der Waals surface area contributed by atoms with Gasteiger partial charge in [0.2, 0.25) is 6.79 Å². The lowest BCUT2D eigenvalue weighted by atomic mass is 10.1. The maximum atomic E-state index is 12.6. The van der Waals surface area contributed by atoms with Crippen LogP contribution in [0.1, 0.15) is 40.1 Å². The minimum atomic E-state index is -0.249. The number of nitrogens with one attached hydrogen (secondary N) is 2. The van der Waals surface area contributed by atoms with Gasteiger partial charge in [-0.3, -0.25) is 14.6 Å². The number of nitrogens with zero attached hydrogens (tertiary/aromatic N) is 2. The molecule has 3 aromatic rings. The molecule has 1 aliphatic carbocycles. The Morgan fingerprint density at radius 2 is 1.63 bits per heavy atom. The van der Waals surface area contributed by atoms with Crippen LogP contribution in [-0.2, 0) is 0 Å². The fourth-order valence-electron chi connectivity index (χ4n) is 3.88. The predicted octanol–water partition coefficient (Wildman–Crippen LogP) is 2.44. The number of carbonyl (C=O) groups is 2. The highest BCUT2D eigenvalue weighted by Crippen LogP contribution is 2.32. The number of fused-ring (bicyclic) bond motifs is 2. The van der Waals surface area contributed by atoms with Crippen molar-refractivity contribution in [3.8, 4) is 11.5 Å². The summed E-state index contributed by atoms with van der Waals surface area (Å²) in [6.45, 7) is 0.173. The Balaban J connectivity index is 1.18. The fraction of sp³-hybridized carbons (Fsp3) is 0.273. The summed E-state index contributed by atoms with van der Waals surface area (Å²) in [5.41, 5.74) is 2.26. The molecule has 0 spiro atoms. The highest BCUT2D eigenvalue weighted by molar-refractivity contribution is 5.95. The third-order valence-corrected chi connectivity index (χ3v) is 5.42. The molecule has 30 heavy (non-hydrogen) atoms. The molecule has 1 aromatic heterocycles. The Hall–Kier alpha value is -3.68. The van der Waals surface area contributed by atoms with E-state index in [2.05, 4.69) is 20.6 Å². The van der Waals surface area contributed by atoms with E-state index < -0.39 is 0 Å². The van der Waals surface area contributed by atoms with Gasteiger partial charge in [0.15, 0.2) is 11.5 Å². The fourth-order valence-corrected chi connectivity index (χ4v) is 3.88. The van der Waals surface area contributed by atoms with Gasteiger partial charge in [-0.1, -0.05) is 12.1 Å². The van der Waals surface area contributed by atoms with Crippen molar-refractivity contribution < 1.29 is 19.1 Å². The van der Waals surface area contributed by atoms with Crippen molar-refractivity contribution in [1.29, 1.82) is 0 Å². The van der Waals surface area contributed by atoms with Crippen molar-refractivity contribution >= 4 is 22.8 Å². The number of carbonyl (C=O) groups excluding carboxylic acids is 2. The van der Waals surface area contributed by atoms with Gasteiger partial charge in [-0.05, 0) is 49.6 Å². The first-order valence-electron chi connectivity index (χ1n) is 9.89. The molecular formula is C22H20N4O4. The third-order valence-electron chi connectivity index (χ3n) is 5.42. The first kappa shape index (κ1) is 18.4. The van der Waals surface area contributed by atoms with E-state index in [-0.39, 0.29) is 30.7 Å². The van der Waals surface area contributed by atoms with Gasteiger partial charge >= 0.3 is 0 Å². The number of hydrogen-bond donors (Lipinski definition) is 2. The zero-order valence-corrected chi connectivity index (χ0v) is 16.1. The van der Waals surface area contributed by atoms with Gasteiger partial charge in [-0.25, -0.2) is 4.98 Å². The maximum Gasteiger partial charge on any atom is 0.271 e. The van der Waals surface area contributed by atoms with Gasteiger partial charge in [0.25, 0.3) is 11.8 Å². The molecular weight excluding hydrogens is 384 g/mol. The van der Waals surface area contributed by atoms with Gasteiger partial charge < -0.3 is 20.1 Å². The second kappa shape index (κ2) is 7.62. The standard InChI is InChI=1S/C22H20N4O4/c27-21(13-5-8-19-20(9-13)30-12-29-19)24-14-6-7-15(10-14)25-22(28)18-11-23-16-3-1-2-4-17(16)26-18/h1-5,8-9,11,14-15H,6-7,10,12H2,(H,24,27)(H,25,28)/t14-,15+/m1/s1. The van der Waals surface area contributed by atoms with Gasteiger partial charge in [0.05, 0.1) is 17.2 Å². The smallest absolute Gasteiger partial charge is 0.271 e. The SMILES string of the molecule is O=C(N[C@@H]1CC[C@H](NC(=O)c2cnc3ccccc3n2)C1)c1ccc2c(c1)OCO2. The van der Waals surface area contributed by atoms with Crippen LogP contribution in [0.3, 0.4) is 0 Å². The normalized spacial score (nSPS) is 19.6. The number of hydrogen-bond acceptors (Lipinski definition) is 6. The molecule has 1 aliphatic heterocycles. The molecule has 2 amide bonds. The van der Waals surface area contributed by atoms with Crippen molar-refractivity contribution in [2.75, 3.05) is 6.79 Å². The Morgan fingerprint density at radius 3 is 2.47 bits per heavy atom. The summed E-state index contributed by atoms with van der Waals surface area (Å²) >= 11 is 0. The molecule has 0 unspecified atom stereocenters. The molecule has 2 N–H and O–H groups in total. The summed E-state index contributed by atoms with van der Waals surface area (Å²) in [5, 5.41) is 6.05. The number of amides is 2. The molecule has 2 atom stereocenters. The Kier molecular flexibility index (Phi) is 4.66. The predicted molar refractivity (Wildman–Crippen MR) is 108 cm³/mol. The van der Waals surface area contributed by atoms with Crippen LogP contribution in [0.2, 0.25) is 0 Å². The van der Waals surface area contributed by atoms with E-state index >= 15 is 0 Å². The molecule has 0 saturated heterocycles. The van der Waals surface area contributed by atoms with Crippen LogP contribution < -0.4 is 20.1 Å². The summed E-state index contributed by atoms with van der Waals surface area (Å²) in [6, 6.07) is 12.5. The van der Waals surface area contributed by atoms with Crippen molar-refractivity contribution in [3.63, 3.8) is 0 Å². The molecule has 2 aliphatic rings. The second-order valence-corrected chi connectivity index (χ2v) is 7.47. The van der Waals surface area contributed by atoms with E-state index in [0.717, 1.165) is 18.4 Å². The summed E-state index contributed by atoms with van der Waals surface area (Å²) < 4.78 is 10.6. The summed E-state index contributed by atoms with van der Waals surface area (Å²) in [5.74, 6) is 0.814. The van der Waals surface area contributed by atoms with Crippen molar-refractivity contribution in [2.45, 2.75) is 31.3 Å². The van der Waals surface area contributed by atoms with Crippen LogP contribution in [0.25, 0.3) is 11.0 Å². The summed E-state index contributed by atoms with van der Waals surface area (Å²) in [7, 11) is 0. The van der Waals surface area contributed by atoms with Crippen LogP contribution >= 0.6 is 0 Å². The van der Waals surface area contributed by atoms with Gasteiger partial charge in [-0.15, -0.1) is 0 Å². The lowest BCUT2D eigenvalue weighted by Gasteiger charge is -2.15. The number of benzene rings is 2. The average Bonchev–Trinajstić information content (AvgIpc) is 3.42. The topological polar surface area (TPSA) is 102 Å². The van der Waals surface area contributed by atoms with Crippen molar-refractivity contribution in [2.24, 2.45) is 0 Å². The maximum absolute atomic E-state index is 12.6. The van der Waals surface area contributed by atoms with Gasteiger partial charge in [0, 0.05) is 17.6 Å². The highest BCUT2D eigenvalue weighted by atomic mass is 16.7. The zero-order chi connectivity index (χ0) is 20.5. The van der Waals surface area contributed by atoms with E-state index in [9.17, 15) is 9.59 Å². The molecule has 152 valence electrons. The van der Waals surface area contributed by atoms with E-state index in [1.807, 2.05) is 24.3 Å². The Morgan fingerprint density at radius 1 is 0.900 bits per heavy atom. The Labute approximate surface area is 172 Å². The van der Waals surface area contributed by atoms with Crippen LogP contribution in [0, 0.1) is 0 Å². The molecule has 1 fully saturated rings. The van der Waals surface area contributed by atoms with Crippen molar-refractivity contribution in [3.05, 3.63) is 59.9 Å². The average molecular weight is 404 g/mol. The largest absolute Gasteiger partial charge is 0.454 e. The van der Waals surface area contributed by atoms with E-state index in [1.165, 1.54) is 6.20 Å². The van der Waals surface area contributed by atoms with Gasteiger partial charge in [0.1, 0.15) is 5.69 Å². The van der Waals surface area contributed by atoms with Crippen LogP contribution in [-0.4, -0.2) is 40.7 Å². The number of aromatic nitrogens is 2. The Bertz CT molecular complexity index is 1130. The quantitative estimate of drug-likeness (QED) is 0.693. The van der Waals surface area contributed by atoms with E-state index in [4.69, 9.17) is 9.47 Å². The molecule has 8 nitrogen and oxygen atoms in total. The molecule has 2 aromatic carbocycles. The summed E-state index contributed by atoms with van der Waals surface area (Å²) in [4.78, 5) is 33.8. The molecule has 1 saturated carbocycles. The number of rotatable bonds is 4. The van der Waals surface area contributed by atoms with Crippen LogP contribution in [0.4, 0.5) is 0 Å². The first-order valence-corrected chi connectivity index (χ1v) is 9.89. The molecule has 5 rings (SSSR count). The van der Waals surface area contributed by atoms with Gasteiger partial charge in [-0.2, -0.15) is 0 Å². The molecule has 0 bridgehead atoms. The number of ether oxygens (including phenoxy) is 2. The molecule has 8 heteroatoms. The van der Waals surface area contributed by atoms with Crippen LogP contribution in [0.5, 0.6) is 11.5 Å². The monoisotopic (exact) mass is 404 g/mol. The van der Waals surface area contributed by atoms with E-state index in [1.54, 1.807) is 18.2 Å². The lowest BCUT2D eigenvalue weighted by molar-refractivity contribution is 0.0932. The number of para-hydroxylation sites is 2. The first-order chi connectivity index (χ1) is 14.7. The summed E-state index contributed by atoms with van der Waals surface area (Å²) in [6.07, 6.45) is 3.75. The highest BCUT2D eigenvalue weighted by Gasteiger charge is 2.28. The van der Waals surface area contributed by atoms with Crippen LogP contribution in [0.15, 0.2) is 48.7 Å². The van der Waals surface area contributed by atoms with Crippen molar-refractivity contribution in [1.82, 2.24) is 20.6 Å².